The van der Waals surface area contributed by atoms with Crippen LogP contribution in [0.4, 0.5) is 0 Å². The molecule has 2 aromatic rings. The third-order valence-corrected chi connectivity index (χ3v) is 7.26. The maximum Gasteiger partial charge on any atom is 0.164 e. The highest BCUT2D eigenvalue weighted by atomic mass is 16.5. The Kier molecular flexibility index (Phi) is 13.5. The lowest BCUT2D eigenvalue weighted by Crippen LogP contribution is -2.02. The molecule has 2 aromatic carbocycles. The van der Waals surface area contributed by atoms with Crippen molar-refractivity contribution in [3.05, 3.63) is 41.0 Å². The number of hydrogen-bond donors (Lipinski definition) is 2. The fraction of sp³-hybridized carbons (Fsp3) is 0.594. The molecule has 0 atom stereocenters. The summed E-state index contributed by atoms with van der Waals surface area (Å²) in [7, 11) is 0. The second kappa shape index (κ2) is 16.3. The molecule has 0 amide bonds. The van der Waals surface area contributed by atoms with Crippen LogP contribution in [0.15, 0.2) is 24.3 Å². The second-order valence-electron chi connectivity index (χ2n) is 10.2. The van der Waals surface area contributed by atoms with Gasteiger partial charge in [-0.3, -0.25) is 4.79 Å². The summed E-state index contributed by atoms with van der Waals surface area (Å²) < 4.78 is 5.90. The molecule has 4 nitrogen and oxygen atoms in total. The largest absolute Gasteiger partial charge is 0.507 e. The van der Waals surface area contributed by atoms with Crippen molar-refractivity contribution >= 4 is 5.78 Å². The third kappa shape index (κ3) is 9.19. The third-order valence-electron chi connectivity index (χ3n) is 7.26. The van der Waals surface area contributed by atoms with Gasteiger partial charge in [0.2, 0.25) is 0 Å². The molecule has 0 saturated carbocycles. The number of Topliss-reactive ketones (excluding diaryl/α,β-unsaturated/α-hetero) is 1. The first-order chi connectivity index (χ1) is 17.4. The lowest BCUT2D eigenvalue weighted by molar-refractivity contribution is 0.101. The van der Waals surface area contributed by atoms with Crippen molar-refractivity contribution in [3.63, 3.8) is 0 Å². The number of carbonyl (C=O) groups excluding carboxylic acids is 1. The zero-order chi connectivity index (χ0) is 26.3. The summed E-state index contributed by atoms with van der Waals surface area (Å²) in [5.41, 5.74) is 2.31. The number of phenols is 2. The van der Waals surface area contributed by atoms with E-state index in [1.165, 1.54) is 90.4 Å². The average Bonchev–Trinajstić information content (AvgIpc) is 2.87. The summed E-state index contributed by atoms with van der Waals surface area (Å²) >= 11 is 0. The Labute approximate surface area is 219 Å². The Balaban J connectivity index is 1.67. The van der Waals surface area contributed by atoms with Crippen LogP contribution in [-0.2, 0) is 0 Å². The SMILES string of the molecule is CCCCCCCCCCCCCCCCOc1ccc(-c2c(O)c(C)c(C)c(O)c2C(C)=O)cc1. The summed E-state index contributed by atoms with van der Waals surface area (Å²) in [6.07, 6.45) is 18.7. The van der Waals surface area contributed by atoms with E-state index in [-0.39, 0.29) is 22.8 Å². The van der Waals surface area contributed by atoms with E-state index < -0.39 is 0 Å². The van der Waals surface area contributed by atoms with Crippen LogP contribution in [0.1, 0.15) is 125 Å². The molecule has 4 heteroatoms. The van der Waals surface area contributed by atoms with Gasteiger partial charge < -0.3 is 14.9 Å². The van der Waals surface area contributed by atoms with Crippen molar-refractivity contribution < 1.29 is 19.7 Å². The monoisotopic (exact) mass is 496 g/mol. The minimum atomic E-state index is -0.279. The van der Waals surface area contributed by atoms with Crippen LogP contribution in [0.3, 0.4) is 0 Å². The molecule has 0 unspecified atom stereocenters. The predicted octanol–water partition coefficient (Wildman–Crippen LogP) is 9.44. The summed E-state index contributed by atoms with van der Waals surface area (Å²) in [6.45, 7) is 7.81. The zero-order valence-corrected chi connectivity index (χ0v) is 23.1. The van der Waals surface area contributed by atoms with E-state index in [1.807, 2.05) is 24.3 Å². The predicted molar refractivity (Wildman–Crippen MR) is 150 cm³/mol. The first kappa shape index (κ1) is 29.7. The summed E-state index contributed by atoms with van der Waals surface area (Å²) in [6, 6.07) is 7.37. The number of aromatic hydroxyl groups is 2. The van der Waals surface area contributed by atoms with Crippen molar-refractivity contribution in [3.8, 4) is 28.4 Å². The highest BCUT2D eigenvalue weighted by molar-refractivity contribution is 6.05. The van der Waals surface area contributed by atoms with Crippen LogP contribution >= 0.6 is 0 Å². The number of ether oxygens (including phenoxy) is 1. The quantitative estimate of drug-likeness (QED) is 0.122. The van der Waals surface area contributed by atoms with Crippen LogP contribution in [0.25, 0.3) is 11.1 Å². The van der Waals surface area contributed by atoms with Crippen LogP contribution in [0.5, 0.6) is 17.2 Å². The van der Waals surface area contributed by atoms with Crippen molar-refractivity contribution in [2.45, 2.75) is 118 Å². The number of phenolic OH excluding ortho intramolecular Hbond substituents is 2. The van der Waals surface area contributed by atoms with E-state index in [2.05, 4.69) is 6.92 Å². The molecule has 2 rings (SSSR count). The second-order valence-corrected chi connectivity index (χ2v) is 10.2. The van der Waals surface area contributed by atoms with Crippen molar-refractivity contribution in [1.29, 1.82) is 0 Å². The summed E-state index contributed by atoms with van der Waals surface area (Å²) in [5.74, 6) is 0.460. The first-order valence-corrected chi connectivity index (χ1v) is 14.2. The summed E-state index contributed by atoms with van der Waals surface area (Å²) in [4.78, 5) is 12.2. The first-order valence-electron chi connectivity index (χ1n) is 14.2. The van der Waals surface area contributed by atoms with Crippen LogP contribution < -0.4 is 4.74 Å². The number of ketones is 1. The molecular weight excluding hydrogens is 448 g/mol. The average molecular weight is 497 g/mol. The van der Waals surface area contributed by atoms with E-state index in [0.717, 1.165) is 12.2 Å². The van der Waals surface area contributed by atoms with Gasteiger partial charge >= 0.3 is 0 Å². The highest BCUT2D eigenvalue weighted by Crippen LogP contribution is 2.43. The van der Waals surface area contributed by atoms with Gasteiger partial charge in [-0.2, -0.15) is 0 Å². The molecule has 36 heavy (non-hydrogen) atoms. The van der Waals surface area contributed by atoms with E-state index in [4.69, 9.17) is 4.74 Å². The molecule has 200 valence electrons. The van der Waals surface area contributed by atoms with Gasteiger partial charge in [-0.15, -0.1) is 0 Å². The Morgan fingerprint density at radius 1 is 0.694 bits per heavy atom. The number of hydrogen-bond acceptors (Lipinski definition) is 4. The molecule has 0 bridgehead atoms. The van der Waals surface area contributed by atoms with E-state index >= 15 is 0 Å². The fourth-order valence-corrected chi connectivity index (χ4v) is 4.80. The van der Waals surface area contributed by atoms with Gasteiger partial charge in [-0.25, -0.2) is 0 Å². The standard InChI is InChI=1S/C32H48O4/c1-5-6-7-8-9-10-11-12-13-14-15-16-17-18-23-36-28-21-19-27(20-22-28)30-29(26(4)33)31(34)24(2)25(3)32(30)35/h19-22,34-35H,5-18,23H2,1-4H3. The van der Waals surface area contributed by atoms with Crippen LogP contribution in [0.2, 0.25) is 0 Å². The minimum absolute atomic E-state index is 0.0339. The smallest absolute Gasteiger partial charge is 0.164 e. The zero-order valence-electron chi connectivity index (χ0n) is 23.1. The topological polar surface area (TPSA) is 66.8 Å². The van der Waals surface area contributed by atoms with Gasteiger partial charge in [-0.05, 0) is 56.0 Å². The Morgan fingerprint density at radius 2 is 1.14 bits per heavy atom. The Hall–Kier alpha value is -2.49. The molecule has 0 heterocycles. The molecule has 0 radical (unpaired) electrons. The molecule has 0 saturated heterocycles. The lowest BCUT2D eigenvalue weighted by Gasteiger charge is -2.17. The number of carbonyl (C=O) groups is 1. The van der Waals surface area contributed by atoms with Gasteiger partial charge in [0, 0.05) is 5.56 Å². The Morgan fingerprint density at radius 3 is 1.61 bits per heavy atom. The fourth-order valence-electron chi connectivity index (χ4n) is 4.80. The molecule has 2 N–H and O–H groups in total. The van der Waals surface area contributed by atoms with Gasteiger partial charge in [0.15, 0.2) is 5.78 Å². The van der Waals surface area contributed by atoms with Crippen molar-refractivity contribution in [1.82, 2.24) is 0 Å². The van der Waals surface area contributed by atoms with Gasteiger partial charge in [0.25, 0.3) is 0 Å². The number of unbranched alkanes of at least 4 members (excludes halogenated alkanes) is 13. The minimum Gasteiger partial charge on any atom is -0.507 e. The van der Waals surface area contributed by atoms with Gasteiger partial charge in [0.1, 0.15) is 17.2 Å². The van der Waals surface area contributed by atoms with E-state index in [9.17, 15) is 15.0 Å². The van der Waals surface area contributed by atoms with Crippen LogP contribution in [-0.4, -0.2) is 22.6 Å². The molecule has 0 fully saturated rings. The molecule has 0 aliphatic heterocycles. The molecular formula is C32H48O4. The van der Waals surface area contributed by atoms with E-state index in [1.54, 1.807) is 13.8 Å². The lowest BCUT2D eigenvalue weighted by atomic mass is 9.90. The van der Waals surface area contributed by atoms with E-state index in [0.29, 0.717) is 28.9 Å². The molecule has 0 spiro atoms. The Bertz CT molecular complexity index is 930. The molecule has 0 aliphatic rings. The number of benzene rings is 2. The maximum atomic E-state index is 12.2. The molecule has 0 aromatic heterocycles. The van der Waals surface area contributed by atoms with Crippen LogP contribution in [0, 0.1) is 13.8 Å². The van der Waals surface area contributed by atoms with Gasteiger partial charge in [-0.1, -0.05) is 103 Å². The maximum absolute atomic E-state index is 12.2. The molecule has 0 aliphatic carbocycles. The highest BCUT2D eigenvalue weighted by Gasteiger charge is 2.23. The van der Waals surface area contributed by atoms with Gasteiger partial charge in [0.05, 0.1) is 12.2 Å². The number of rotatable bonds is 18. The van der Waals surface area contributed by atoms with Crippen molar-refractivity contribution in [2.75, 3.05) is 6.61 Å². The summed E-state index contributed by atoms with van der Waals surface area (Å²) in [5, 5.41) is 21.2. The normalized spacial score (nSPS) is 11.1. The van der Waals surface area contributed by atoms with Crippen molar-refractivity contribution in [2.24, 2.45) is 0 Å².